The van der Waals surface area contributed by atoms with E-state index in [2.05, 4.69) is 52.6 Å². The Morgan fingerprint density at radius 2 is 1.83 bits per heavy atom. The highest BCUT2D eigenvalue weighted by molar-refractivity contribution is 5.73. The lowest BCUT2D eigenvalue weighted by Gasteiger charge is -2.13. The number of benzene rings is 1. The lowest BCUT2D eigenvalue weighted by atomic mass is 10.0. The average Bonchev–Trinajstić information content (AvgIpc) is 2.82. The second kappa shape index (κ2) is 4.26. The highest BCUT2D eigenvalue weighted by atomic mass is 15.1. The zero-order chi connectivity index (χ0) is 12.5. The topological polar surface area (TPSA) is 30.7 Å². The molecule has 2 heterocycles. The summed E-state index contributed by atoms with van der Waals surface area (Å²) in [7, 11) is 0. The zero-order valence-electron chi connectivity index (χ0n) is 10.5. The SMILES string of the molecule is CC(C)c1ccccc1-n1cnc2cccnc21. The largest absolute Gasteiger partial charge is 0.283 e. The molecular formula is C15H15N3. The summed E-state index contributed by atoms with van der Waals surface area (Å²) in [5.41, 5.74) is 4.30. The molecule has 3 nitrogen and oxygen atoms in total. The van der Waals surface area contributed by atoms with E-state index in [4.69, 9.17) is 0 Å². The number of hydrogen-bond donors (Lipinski definition) is 0. The summed E-state index contributed by atoms with van der Waals surface area (Å²) in [6, 6.07) is 12.3. The molecule has 0 saturated carbocycles. The quantitative estimate of drug-likeness (QED) is 0.682. The predicted molar refractivity (Wildman–Crippen MR) is 73.0 cm³/mol. The van der Waals surface area contributed by atoms with Crippen molar-refractivity contribution in [2.45, 2.75) is 19.8 Å². The van der Waals surface area contributed by atoms with E-state index in [1.807, 2.05) is 18.5 Å². The van der Waals surface area contributed by atoms with Gasteiger partial charge in [0.25, 0.3) is 0 Å². The molecule has 0 unspecified atom stereocenters. The molecule has 3 heteroatoms. The Kier molecular flexibility index (Phi) is 2.59. The van der Waals surface area contributed by atoms with Crippen molar-refractivity contribution in [2.24, 2.45) is 0 Å². The van der Waals surface area contributed by atoms with Gasteiger partial charge in [-0.2, -0.15) is 0 Å². The average molecular weight is 237 g/mol. The van der Waals surface area contributed by atoms with Crippen LogP contribution in [0.15, 0.2) is 48.9 Å². The van der Waals surface area contributed by atoms with E-state index in [9.17, 15) is 0 Å². The summed E-state index contributed by atoms with van der Waals surface area (Å²) in [6.07, 6.45) is 3.65. The van der Waals surface area contributed by atoms with Crippen LogP contribution in [-0.2, 0) is 0 Å². The summed E-state index contributed by atoms with van der Waals surface area (Å²) in [5.74, 6) is 0.474. The van der Waals surface area contributed by atoms with Gasteiger partial charge in [0.05, 0.1) is 5.69 Å². The van der Waals surface area contributed by atoms with Crippen LogP contribution >= 0.6 is 0 Å². The summed E-state index contributed by atoms with van der Waals surface area (Å²) < 4.78 is 2.06. The molecule has 3 rings (SSSR count). The van der Waals surface area contributed by atoms with E-state index < -0.39 is 0 Å². The molecule has 18 heavy (non-hydrogen) atoms. The number of imidazole rings is 1. The molecule has 1 aromatic carbocycles. The molecule has 0 amide bonds. The first-order chi connectivity index (χ1) is 8.77. The smallest absolute Gasteiger partial charge is 0.164 e. The molecule has 3 aromatic rings. The molecule has 0 aliphatic heterocycles. The normalized spacial score (nSPS) is 11.3. The third kappa shape index (κ3) is 1.68. The van der Waals surface area contributed by atoms with E-state index in [1.54, 1.807) is 6.20 Å². The summed E-state index contributed by atoms with van der Waals surface area (Å²) in [4.78, 5) is 8.81. The van der Waals surface area contributed by atoms with Crippen molar-refractivity contribution in [3.63, 3.8) is 0 Å². The minimum absolute atomic E-state index is 0.474. The molecule has 0 aliphatic carbocycles. The van der Waals surface area contributed by atoms with Gasteiger partial charge in [-0.1, -0.05) is 32.0 Å². The van der Waals surface area contributed by atoms with Gasteiger partial charge >= 0.3 is 0 Å². The molecule has 0 N–H and O–H groups in total. The Morgan fingerprint density at radius 1 is 1.00 bits per heavy atom. The third-order valence-electron chi connectivity index (χ3n) is 3.12. The summed E-state index contributed by atoms with van der Waals surface area (Å²) >= 11 is 0. The molecule has 0 saturated heterocycles. The molecule has 0 spiro atoms. The van der Waals surface area contributed by atoms with Gasteiger partial charge < -0.3 is 0 Å². The van der Waals surface area contributed by atoms with Gasteiger partial charge in [-0.05, 0) is 29.7 Å². The highest BCUT2D eigenvalue weighted by Crippen LogP contribution is 2.25. The number of pyridine rings is 1. The Bertz CT molecular complexity index is 683. The minimum Gasteiger partial charge on any atom is -0.283 e. The molecule has 0 atom stereocenters. The van der Waals surface area contributed by atoms with Crippen LogP contribution in [0.3, 0.4) is 0 Å². The molecular weight excluding hydrogens is 222 g/mol. The Hall–Kier alpha value is -2.16. The predicted octanol–water partition coefficient (Wildman–Crippen LogP) is 3.54. The van der Waals surface area contributed by atoms with Gasteiger partial charge in [-0.15, -0.1) is 0 Å². The molecule has 2 aromatic heterocycles. The number of aromatic nitrogens is 3. The van der Waals surface area contributed by atoms with E-state index in [0.717, 1.165) is 16.9 Å². The number of hydrogen-bond acceptors (Lipinski definition) is 2. The van der Waals surface area contributed by atoms with Crippen LogP contribution in [0.4, 0.5) is 0 Å². The van der Waals surface area contributed by atoms with Gasteiger partial charge in [0.1, 0.15) is 11.8 Å². The van der Waals surface area contributed by atoms with Crippen LogP contribution in [0.1, 0.15) is 25.3 Å². The Balaban J connectivity index is 2.27. The standard InChI is InChI=1S/C15H15N3/c1-11(2)12-6-3-4-8-14(12)18-10-17-13-7-5-9-16-15(13)18/h3-11H,1-2H3. The van der Waals surface area contributed by atoms with Crippen molar-refractivity contribution in [1.29, 1.82) is 0 Å². The first kappa shape index (κ1) is 11.0. The fourth-order valence-corrected chi connectivity index (χ4v) is 2.22. The summed E-state index contributed by atoms with van der Waals surface area (Å²) in [6.45, 7) is 4.40. The second-order valence-corrected chi connectivity index (χ2v) is 4.67. The molecule has 0 bridgehead atoms. The molecule has 90 valence electrons. The van der Waals surface area contributed by atoms with Crippen molar-refractivity contribution in [3.8, 4) is 5.69 Å². The monoisotopic (exact) mass is 237 g/mol. The first-order valence-electron chi connectivity index (χ1n) is 6.15. The maximum absolute atomic E-state index is 4.42. The minimum atomic E-state index is 0.474. The molecule has 0 aliphatic rings. The number of rotatable bonds is 2. The fourth-order valence-electron chi connectivity index (χ4n) is 2.22. The van der Waals surface area contributed by atoms with Gasteiger partial charge in [-0.3, -0.25) is 4.57 Å². The van der Waals surface area contributed by atoms with Gasteiger partial charge in [0, 0.05) is 6.20 Å². The number of para-hydroxylation sites is 1. The fraction of sp³-hybridized carbons (Fsp3) is 0.200. The highest BCUT2D eigenvalue weighted by Gasteiger charge is 2.10. The Morgan fingerprint density at radius 3 is 2.67 bits per heavy atom. The van der Waals surface area contributed by atoms with Crippen molar-refractivity contribution < 1.29 is 0 Å². The van der Waals surface area contributed by atoms with Crippen LogP contribution in [0.25, 0.3) is 16.9 Å². The Labute approximate surface area is 106 Å². The van der Waals surface area contributed by atoms with Crippen LogP contribution in [0, 0.1) is 0 Å². The molecule has 0 fully saturated rings. The van der Waals surface area contributed by atoms with Gasteiger partial charge in [0.2, 0.25) is 0 Å². The van der Waals surface area contributed by atoms with E-state index in [0.29, 0.717) is 5.92 Å². The van der Waals surface area contributed by atoms with Crippen molar-refractivity contribution in [1.82, 2.24) is 14.5 Å². The van der Waals surface area contributed by atoms with Crippen molar-refractivity contribution >= 4 is 11.2 Å². The number of nitrogens with zero attached hydrogens (tertiary/aromatic N) is 3. The van der Waals surface area contributed by atoms with Crippen LogP contribution in [0.5, 0.6) is 0 Å². The van der Waals surface area contributed by atoms with Crippen LogP contribution in [-0.4, -0.2) is 14.5 Å². The van der Waals surface area contributed by atoms with Crippen molar-refractivity contribution in [3.05, 3.63) is 54.5 Å². The van der Waals surface area contributed by atoms with E-state index >= 15 is 0 Å². The van der Waals surface area contributed by atoms with Crippen LogP contribution < -0.4 is 0 Å². The first-order valence-corrected chi connectivity index (χ1v) is 6.15. The van der Waals surface area contributed by atoms with E-state index in [1.165, 1.54) is 5.56 Å². The maximum atomic E-state index is 4.42. The van der Waals surface area contributed by atoms with Crippen LogP contribution in [0.2, 0.25) is 0 Å². The number of fused-ring (bicyclic) bond motifs is 1. The van der Waals surface area contributed by atoms with Gasteiger partial charge in [0.15, 0.2) is 5.65 Å². The molecule has 0 radical (unpaired) electrons. The summed E-state index contributed by atoms with van der Waals surface area (Å²) in [5, 5.41) is 0. The second-order valence-electron chi connectivity index (χ2n) is 4.67. The third-order valence-corrected chi connectivity index (χ3v) is 3.12. The van der Waals surface area contributed by atoms with Gasteiger partial charge in [-0.25, -0.2) is 9.97 Å². The lowest BCUT2D eigenvalue weighted by molar-refractivity contribution is 0.848. The van der Waals surface area contributed by atoms with E-state index in [-0.39, 0.29) is 0 Å². The van der Waals surface area contributed by atoms with Crippen molar-refractivity contribution in [2.75, 3.05) is 0 Å². The maximum Gasteiger partial charge on any atom is 0.164 e. The zero-order valence-corrected chi connectivity index (χ0v) is 10.5. The lowest BCUT2D eigenvalue weighted by Crippen LogP contribution is -2.00.